The number of fused-ring (bicyclic) bond motifs is 1. The minimum atomic E-state index is -0.607. The fourth-order valence-corrected chi connectivity index (χ4v) is 1.44. The fourth-order valence-electron chi connectivity index (χ4n) is 1.44. The molecule has 0 aliphatic rings. The van der Waals surface area contributed by atoms with Crippen LogP contribution in [0.3, 0.4) is 0 Å². The summed E-state index contributed by atoms with van der Waals surface area (Å²) in [4.78, 5) is 21.7. The highest BCUT2D eigenvalue weighted by molar-refractivity contribution is 5.86. The number of amides is 1. The summed E-state index contributed by atoms with van der Waals surface area (Å²) in [6.45, 7) is 0. The zero-order valence-electron chi connectivity index (χ0n) is 8.52. The van der Waals surface area contributed by atoms with E-state index in [1.54, 1.807) is 18.2 Å². The van der Waals surface area contributed by atoms with E-state index >= 15 is 0 Å². The Morgan fingerprint density at radius 1 is 1.44 bits per heavy atom. The molecule has 0 atom stereocenters. The predicted octanol–water partition coefficient (Wildman–Crippen LogP) is 1.37. The van der Waals surface area contributed by atoms with Crippen LogP contribution in [0.25, 0.3) is 11.0 Å². The van der Waals surface area contributed by atoms with Gasteiger partial charge in [-0.1, -0.05) is 12.1 Å². The Morgan fingerprint density at radius 2 is 2.25 bits per heavy atom. The van der Waals surface area contributed by atoms with Gasteiger partial charge < -0.3 is 14.5 Å². The number of anilines is 1. The molecule has 1 amide bonds. The quantitative estimate of drug-likeness (QED) is 0.625. The zero-order valence-corrected chi connectivity index (χ0v) is 8.52. The normalized spacial score (nSPS) is 10.1. The van der Waals surface area contributed by atoms with Gasteiger partial charge in [-0.2, -0.15) is 0 Å². The van der Waals surface area contributed by atoms with E-state index in [0.717, 1.165) is 0 Å². The molecule has 1 aromatic carbocycles. The standard InChI is InChI=1S/C11H9NO4/c1-15-9-4-2-3-7-5-8(12-6-13)11(14)16-10(7)9/h2-6H,1H3,(H,12,13). The summed E-state index contributed by atoms with van der Waals surface area (Å²) in [5.41, 5.74) is -0.133. The number of carbonyl (C=O) groups excluding carboxylic acids is 1. The molecule has 82 valence electrons. The molecule has 1 heterocycles. The van der Waals surface area contributed by atoms with Crippen LogP contribution in [0.1, 0.15) is 0 Å². The number of carbonyl (C=O) groups is 1. The lowest BCUT2D eigenvalue weighted by molar-refractivity contribution is -0.105. The molecule has 1 aromatic heterocycles. The Hall–Kier alpha value is -2.30. The summed E-state index contributed by atoms with van der Waals surface area (Å²) in [5.74, 6) is 0.479. The first-order valence-corrected chi connectivity index (χ1v) is 4.57. The Bertz CT molecular complexity index is 588. The molecule has 0 aliphatic heterocycles. The van der Waals surface area contributed by atoms with Crippen molar-refractivity contribution in [1.29, 1.82) is 0 Å². The highest BCUT2D eigenvalue weighted by Crippen LogP contribution is 2.25. The number of hydrogen-bond donors (Lipinski definition) is 1. The maximum absolute atomic E-state index is 11.4. The van der Waals surface area contributed by atoms with Gasteiger partial charge in [0.05, 0.1) is 7.11 Å². The van der Waals surface area contributed by atoms with E-state index in [0.29, 0.717) is 23.1 Å². The van der Waals surface area contributed by atoms with E-state index in [2.05, 4.69) is 5.32 Å². The number of benzene rings is 1. The second-order valence-electron chi connectivity index (χ2n) is 3.09. The van der Waals surface area contributed by atoms with E-state index in [9.17, 15) is 9.59 Å². The second kappa shape index (κ2) is 4.06. The third kappa shape index (κ3) is 1.63. The SMILES string of the molecule is COc1cccc2cc(NC=O)c(=O)oc12. The summed E-state index contributed by atoms with van der Waals surface area (Å²) in [6, 6.07) is 6.76. The average Bonchev–Trinajstić information content (AvgIpc) is 2.30. The van der Waals surface area contributed by atoms with Gasteiger partial charge in [0.15, 0.2) is 11.3 Å². The largest absolute Gasteiger partial charge is 0.493 e. The summed E-state index contributed by atoms with van der Waals surface area (Å²) in [6.07, 6.45) is 0.429. The molecule has 0 saturated carbocycles. The average molecular weight is 219 g/mol. The van der Waals surface area contributed by atoms with Crippen molar-refractivity contribution in [2.75, 3.05) is 12.4 Å². The van der Waals surface area contributed by atoms with Gasteiger partial charge in [0.1, 0.15) is 5.69 Å². The van der Waals surface area contributed by atoms with Gasteiger partial charge in [0.25, 0.3) is 0 Å². The minimum Gasteiger partial charge on any atom is -0.493 e. The fraction of sp³-hybridized carbons (Fsp3) is 0.0909. The van der Waals surface area contributed by atoms with Crippen LogP contribution < -0.4 is 15.7 Å². The Morgan fingerprint density at radius 3 is 2.94 bits per heavy atom. The summed E-state index contributed by atoms with van der Waals surface area (Å²) >= 11 is 0. The molecule has 0 saturated heterocycles. The summed E-state index contributed by atoms with van der Waals surface area (Å²) < 4.78 is 10.1. The van der Waals surface area contributed by atoms with Crippen LogP contribution in [0.5, 0.6) is 5.75 Å². The van der Waals surface area contributed by atoms with Gasteiger partial charge in [-0.3, -0.25) is 4.79 Å². The predicted molar refractivity (Wildman–Crippen MR) is 58.7 cm³/mol. The van der Waals surface area contributed by atoms with Crippen molar-refractivity contribution >= 4 is 23.1 Å². The van der Waals surface area contributed by atoms with Gasteiger partial charge >= 0.3 is 5.63 Å². The first kappa shape index (κ1) is 10.2. The van der Waals surface area contributed by atoms with Crippen molar-refractivity contribution in [2.24, 2.45) is 0 Å². The lowest BCUT2D eigenvalue weighted by Crippen LogP contribution is -2.08. The topological polar surface area (TPSA) is 68.5 Å². The van der Waals surface area contributed by atoms with Gasteiger partial charge in [0.2, 0.25) is 6.41 Å². The highest BCUT2D eigenvalue weighted by Gasteiger charge is 2.08. The third-order valence-electron chi connectivity index (χ3n) is 2.16. The van der Waals surface area contributed by atoms with Gasteiger partial charge in [-0.15, -0.1) is 0 Å². The number of rotatable bonds is 3. The van der Waals surface area contributed by atoms with Crippen LogP contribution in [0, 0.1) is 0 Å². The van der Waals surface area contributed by atoms with Crippen LogP contribution in [-0.4, -0.2) is 13.5 Å². The maximum Gasteiger partial charge on any atom is 0.360 e. The molecular formula is C11H9NO4. The van der Waals surface area contributed by atoms with Gasteiger partial charge in [0, 0.05) is 5.39 Å². The van der Waals surface area contributed by atoms with E-state index < -0.39 is 5.63 Å². The van der Waals surface area contributed by atoms with Crippen molar-refractivity contribution in [3.63, 3.8) is 0 Å². The van der Waals surface area contributed by atoms with Crippen LogP contribution in [0.15, 0.2) is 33.5 Å². The first-order valence-electron chi connectivity index (χ1n) is 4.57. The van der Waals surface area contributed by atoms with Crippen LogP contribution in [-0.2, 0) is 4.79 Å². The van der Waals surface area contributed by atoms with E-state index in [1.807, 2.05) is 0 Å². The number of ether oxygens (including phenoxy) is 1. The molecule has 5 nitrogen and oxygen atoms in total. The van der Waals surface area contributed by atoms with Crippen molar-refractivity contribution in [3.05, 3.63) is 34.7 Å². The van der Waals surface area contributed by atoms with Crippen molar-refractivity contribution in [1.82, 2.24) is 0 Å². The molecule has 0 bridgehead atoms. The molecule has 16 heavy (non-hydrogen) atoms. The lowest BCUT2D eigenvalue weighted by atomic mass is 10.2. The molecule has 0 spiro atoms. The monoisotopic (exact) mass is 219 g/mol. The van der Waals surface area contributed by atoms with Crippen molar-refractivity contribution in [2.45, 2.75) is 0 Å². The molecule has 0 aliphatic carbocycles. The third-order valence-corrected chi connectivity index (χ3v) is 2.16. The Balaban J connectivity index is 2.73. The number of methoxy groups -OCH3 is 1. The van der Waals surface area contributed by atoms with Gasteiger partial charge in [-0.25, -0.2) is 4.79 Å². The molecule has 0 fully saturated rings. The first-order chi connectivity index (χ1) is 7.76. The molecule has 5 heteroatoms. The number of nitrogens with one attached hydrogen (secondary N) is 1. The summed E-state index contributed by atoms with van der Waals surface area (Å²) in [5, 5.41) is 2.96. The number of hydrogen-bond acceptors (Lipinski definition) is 4. The van der Waals surface area contributed by atoms with Crippen molar-refractivity contribution < 1.29 is 13.9 Å². The summed E-state index contributed by atoms with van der Waals surface area (Å²) in [7, 11) is 1.49. The molecular weight excluding hydrogens is 210 g/mol. The van der Waals surface area contributed by atoms with E-state index in [-0.39, 0.29) is 5.69 Å². The van der Waals surface area contributed by atoms with Crippen LogP contribution in [0.4, 0.5) is 5.69 Å². The zero-order chi connectivity index (χ0) is 11.5. The molecule has 2 rings (SSSR count). The Labute approximate surface area is 90.6 Å². The van der Waals surface area contributed by atoms with Crippen LogP contribution in [0.2, 0.25) is 0 Å². The Kier molecular flexibility index (Phi) is 2.59. The minimum absolute atomic E-state index is 0.107. The maximum atomic E-state index is 11.4. The number of para-hydroxylation sites is 1. The van der Waals surface area contributed by atoms with Gasteiger partial charge in [-0.05, 0) is 12.1 Å². The highest BCUT2D eigenvalue weighted by atomic mass is 16.5. The molecule has 0 unspecified atom stereocenters. The van der Waals surface area contributed by atoms with E-state index in [1.165, 1.54) is 13.2 Å². The second-order valence-corrected chi connectivity index (χ2v) is 3.09. The van der Waals surface area contributed by atoms with E-state index in [4.69, 9.17) is 9.15 Å². The molecule has 0 radical (unpaired) electrons. The molecule has 2 aromatic rings. The molecule has 1 N–H and O–H groups in total. The smallest absolute Gasteiger partial charge is 0.360 e. The lowest BCUT2D eigenvalue weighted by Gasteiger charge is -2.04. The van der Waals surface area contributed by atoms with Crippen LogP contribution >= 0.6 is 0 Å². The van der Waals surface area contributed by atoms with Crippen molar-refractivity contribution in [3.8, 4) is 5.75 Å².